The number of carbonyl (C=O) groups excluding carboxylic acids is 1. The molecule has 0 unspecified atom stereocenters. The lowest BCUT2D eigenvalue weighted by molar-refractivity contribution is -0.153. The van der Waals surface area contributed by atoms with E-state index >= 15 is 0 Å². The first kappa shape index (κ1) is 18.5. The van der Waals surface area contributed by atoms with Crippen LogP contribution in [0.1, 0.15) is 17.0 Å². The second-order valence-corrected chi connectivity index (χ2v) is 7.15. The molecule has 1 saturated heterocycles. The van der Waals surface area contributed by atoms with Crippen molar-refractivity contribution in [2.75, 3.05) is 32.8 Å². The maximum Gasteiger partial charge on any atom is 0.407 e. The largest absolute Gasteiger partial charge is 0.480 e. The lowest BCUT2D eigenvalue weighted by Gasteiger charge is -2.41. The van der Waals surface area contributed by atoms with Crippen LogP contribution in [0.25, 0.3) is 11.1 Å². The summed E-state index contributed by atoms with van der Waals surface area (Å²) in [5, 5.41) is 14.5. The van der Waals surface area contributed by atoms with Crippen LogP contribution in [0.4, 0.5) is 4.79 Å². The molecule has 0 aromatic heterocycles. The number of benzene rings is 2. The molecule has 0 radical (unpaired) electrons. The summed E-state index contributed by atoms with van der Waals surface area (Å²) in [5.41, 5.74) is 3.97. The summed E-state index contributed by atoms with van der Waals surface area (Å²) in [5.74, 6) is -1.03. The molecule has 0 spiro atoms. The fraction of sp³-hybridized carbons (Fsp3) is 0.333. The highest BCUT2D eigenvalue weighted by atomic mass is 16.6. The van der Waals surface area contributed by atoms with Gasteiger partial charge in [-0.2, -0.15) is 0 Å². The monoisotopic (exact) mass is 382 g/mol. The van der Waals surface area contributed by atoms with E-state index < -0.39 is 24.3 Å². The molecule has 2 aliphatic rings. The predicted molar refractivity (Wildman–Crippen MR) is 102 cm³/mol. The number of aliphatic carboxylic acids is 1. The highest BCUT2D eigenvalue weighted by Crippen LogP contribution is 2.44. The molecule has 3 N–H and O–H groups in total. The summed E-state index contributed by atoms with van der Waals surface area (Å²) in [6, 6.07) is 16.3. The summed E-state index contributed by atoms with van der Waals surface area (Å²) in [7, 11) is 0. The average molecular weight is 382 g/mol. The van der Waals surface area contributed by atoms with Gasteiger partial charge >= 0.3 is 12.1 Å². The Bertz CT molecular complexity index is 848. The van der Waals surface area contributed by atoms with Crippen LogP contribution in [0.5, 0.6) is 0 Å². The Morgan fingerprint density at radius 2 is 1.68 bits per heavy atom. The van der Waals surface area contributed by atoms with Gasteiger partial charge in [0, 0.05) is 19.0 Å². The summed E-state index contributed by atoms with van der Waals surface area (Å²) in [6.45, 7) is 1.02. The van der Waals surface area contributed by atoms with Crippen molar-refractivity contribution in [1.82, 2.24) is 10.6 Å². The van der Waals surface area contributed by atoms with Crippen molar-refractivity contribution in [3.63, 3.8) is 0 Å². The van der Waals surface area contributed by atoms with Gasteiger partial charge in [-0.1, -0.05) is 48.5 Å². The molecule has 0 atom stereocenters. The first-order valence-electron chi connectivity index (χ1n) is 9.23. The molecule has 0 saturated carbocycles. The highest BCUT2D eigenvalue weighted by molar-refractivity contribution is 5.79. The van der Waals surface area contributed by atoms with E-state index in [0.29, 0.717) is 13.1 Å². The van der Waals surface area contributed by atoms with Gasteiger partial charge in [-0.05, 0) is 22.3 Å². The average Bonchev–Trinajstić information content (AvgIpc) is 2.99. The van der Waals surface area contributed by atoms with E-state index in [1.165, 1.54) is 11.1 Å². The summed E-state index contributed by atoms with van der Waals surface area (Å²) >= 11 is 0. The van der Waals surface area contributed by atoms with Gasteiger partial charge in [-0.25, -0.2) is 9.59 Å². The molecule has 1 aliphatic carbocycles. The molecular weight excluding hydrogens is 360 g/mol. The summed E-state index contributed by atoms with van der Waals surface area (Å²) in [4.78, 5) is 22.9. The van der Waals surface area contributed by atoms with Crippen molar-refractivity contribution in [2.45, 2.75) is 11.5 Å². The number of carboxylic acid groups (broad SMARTS) is 1. The summed E-state index contributed by atoms with van der Waals surface area (Å²) in [6.07, 6.45) is -0.535. The normalized spacial score (nSPS) is 16.6. The van der Waals surface area contributed by atoms with Gasteiger partial charge in [0.15, 0.2) is 0 Å². The van der Waals surface area contributed by atoms with Gasteiger partial charge in [0.05, 0.1) is 6.54 Å². The van der Waals surface area contributed by atoms with Crippen molar-refractivity contribution in [1.29, 1.82) is 0 Å². The zero-order valence-corrected chi connectivity index (χ0v) is 15.3. The second-order valence-electron chi connectivity index (χ2n) is 7.15. The van der Waals surface area contributed by atoms with Gasteiger partial charge in [-0.15, -0.1) is 0 Å². The van der Waals surface area contributed by atoms with E-state index in [1.54, 1.807) is 0 Å². The third-order valence-electron chi connectivity index (χ3n) is 5.29. The number of hydrogen-bond acceptors (Lipinski definition) is 5. The zero-order valence-electron chi connectivity index (χ0n) is 15.3. The van der Waals surface area contributed by atoms with Gasteiger partial charge in [-0.3, -0.25) is 0 Å². The third-order valence-corrected chi connectivity index (χ3v) is 5.29. The first-order chi connectivity index (χ1) is 13.6. The van der Waals surface area contributed by atoms with E-state index in [1.807, 2.05) is 24.3 Å². The van der Waals surface area contributed by atoms with Crippen LogP contribution >= 0.6 is 0 Å². The smallest absolute Gasteiger partial charge is 0.407 e. The molecule has 2 aromatic carbocycles. The molecule has 7 nitrogen and oxygen atoms in total. The molecule has 1 aliphatic heterocycles. The van der Waals surface area contributed by atoms with Crippen molar-refractivity contribution >= 4 is 12.1 Å². The SMILES string of the molecule is O=C(O)COC1(CNC(=O)OCC2c3ccccc3-c3ccccc32)CNC1. The van der Waals surface area contributed by atoms with Crippen LogP contribution in [0.2, 0.25) is 0 Å². The molecular formula is C21H22N2O5. The fourth-order valence-electron chi connectivity index (χ4n) is 3.78. The van der Waals surface area contributed by atoms with Crippen LogP contribution < -0.4 is 10.6 Å². The number of fused-ring (bicyclic) bond motifs is 3. The highest BCUT2D eigenvalue weighted by Gasteiger charge is 2.39. The molecule has 7 heteroatoms. The molecule has 1 heterocycles. The Labute approximate surface area is 162 Å². The van der Waals surface area contributed by atoms with Crippen LogP contribution in [-0.2, 0) is 14.3 Å². The Morgan fingerprint density at radius 3 is 2.21 bits per heavy atom. The van der Waals surface area contributed by atoms with Crippen molar-refractivity contribution < 1.29 is 24.2 Å². The van der Waals surface area contributed by atoms with E-state index in [-0.39, 0.29) is 19.1 Å². The van der Waals surface area contributed by atoms with Crippen LogP contribution in [0.3, 0.4) is 0 Å². The number of alkyl carbamates (subject to hydrolysis) is 1. The molecule has 2 aromatic rings. The Morgan fingerprint density at radius 1 is 1.07 bits per heavy atom. The first-order valence-corrected chi connectivity index (χ1v) is 9.23. The molecule has 1 amide bonds. The molecule has 0 bridgehead atoms. The van der Waals surface area contributed by atoms with E-state index in [0.717, 1.165) is 11.1 Å². The number of carbonyl (C=O) groups is 2. The van der Waals surface area contributed by atoms with Crippen molar-refractivity contribution in [3.8, 4) is 11.1 Å². The molecule has 28 heavy (non-hydrogen) atoms. The van der Waals surface area contributed by atoms with E-state index in [4.69, 9.17) is 14.6 Å². The lowest BCUT2D eigenvalue weighted by atomic mass is 9.97. The Hall–Kier alpha value is -2.90. The van der Waals surface area contributed by atoms with E-state index in [9.17, 15) is 9.59 Å². The topological polar surface area (TPSA) is 96.9 Å². The number of hydrogen-bond donors (Lipinski definition) is 3. The second kappa shape index (κ2) is 7.61. The maximum absolute atomic E-state index is 12.2. The van der Waals surface area contributed by atoms with Crippen LogP contribution in [-0.4, -0.2) is 55.6 Å². The van der Waals surface area contributed by atoms with E-state index in [2.05, 4.69) is 34.9 Å². The minimum Gasteiger partial charge on any atom is -0.480 e. The maximum atomic E-state index is 12.2. The standard InChI is InChI=1S/C21H22N2O5/c24-19(25)10-28-21(11-22-12-21)13-23-20(26)27-9-18-16-7-3-1-5-14(16)15-6-2-4-8-17(15)18/h1-8,18,22H,9-13H2,(H,23,26)(H,24,25). The minimum absolute atomic E-state index is 0.000685. The number of nitrogens with one attached hydrogen (secondary N) is 2. The number of ether oxygens (including phenoxy) is 2. The quantitative estimate of drug-likeness (QED) is 0.678. The molecule has 1 fully saturated rings. The minimum atomic E-state index is -1.03. The van der Waals surface area contributed by atoms with Crippen LogP contribution in [0, 0.1) is 0 Å². The van der Waals surface area contributed by atoms with Crippen molar-refractivity contribution in [3.05, 3.63) is 59.7 Å². The number of rotatable bonds is 7. The van der Waals surface area contributed by atoms with Crippen molar-refractivity contribution in [2.24, 2.45) is 0 Å². The van der Waals surface area contributed by atoms with Gasteiger partial charge in [0.2, 0.25) is 0 Å². The predicted octanol–water partition coefficient (Wildman–Crippen LogP) is 1.97. The third kappa shape index (κ3) is 3.58. The lowest BCUT2D eigenvalue weighted by Crippen LogP contribution is -2.66. The Balaban J connectivity index is 1.36. The number of carboxylic acids is 1. The van der Waals surface area contributed by atoms with Gasteiger partial charge < -0.3 is 25.2 Å². The summed E-state index contributed by atoms with van der Waals surface area (Å²) < 4.78 is 10.9. The molecule has 146 valence electrons. The van der Waals surface area contributed by atoms with Crippen LogP contribution in [0.15, 0.2) is 48.5 Å². The van der Waals surface area contributed by atoms with Gasteiger partial charge in [0.1, 0.15) is 18.8 Å². The Kier molecular flexibility index (Phi) is 5.02. The zero-order chi connectivity index (χ0) is 19.6. The fourth-order valence-corrected chi connectivity index (χ4v) is 3.78. The molecule has 4 rings (SSSR count). The number of amides is 1. The van der Waals surface area contributed by atoms with Gasteiger partial charge in [0.25, 0.3) is 0 Å².